The predicted octanol–water partition coefficient (Wildman–Crippen LogP) is 2.84. The highest BCUT2D eigenvalue weighted by atomic mass is 79.9. The normalized spacial score (nSPS) is 10.3. The van der Waals surface area contributed by atoms with Crippen LogP contribution >= 0.6 is 15.9 Å². The molecule has 0 saturated heterocycles. The van der Waals surface area contributed by atoms with Crippen molar-refractivity contribution in [2.24, 2.45) is 0 Å². The van der Waals surface area contributed by atoms with Crippen LogP contribution < -0.4 is 10.6 Å². The summed E-state index contributed by atoms with van der Waals surface area (Å²) < 4.78 is 14.3. The number of hydrogen-bond donors (Lipinski definition) is 1. The molecule has 1 heterocycles. The molecule has 98 valence electrons. The molecule has 2 N–H and O–H groups in total. The van der Waals surface area contributed by atoms with Crippen molar-refractivity contribution in [3.8, 4) is 0 Å². The summed E-state index contributed by atoms with van der Waals surface area (Å²) in [6, 6.07) is 7.44. The Morgan fingerprint density at radius 3 is 2.74 bits per heavy atom. The summed E-state index contributed by atoms with van der Waals surface area (Å²) in [7, 11) is 1.53. The number of halogens is 2. The van der Waals surface area contributed by atoms with Crippen LogP contribution in [0.1, 0.15) is 10.4 Å². The van der Waals surface area contributed by atoms with Crippen molar-refractivity contribution in [1.29, 1.82) is 0 Å². The fourth-order valence-electron chi connectivity index (χ4n) is 1.54. The second-order valence-electron chi connectivity index (χ2n) is 3.94. The van der Waals surface area contributed by atoms with Crippen molar-refractivity contribution in [3.05, 3.63) is 52.4 Å². The Labute approximate surface area is 118 Å². The van der Waals surface area contributed by atoms with E-state index in [0.29, 0.717) is 16.0 Å². The summed E-state index contributed by atoms with van der Waals surface area (Å²) in [6.45, 7) is 0. The van der Waals surface area contributed by atoms with Crippen molar-refractivity contribution in [3.63, 3.8) is 0 Å². The third-order valence-electron chi connectivity index (χ3n) is 2.58. The highest BCUT2D eigenvalue weighted by molar-refractivity contribution is 9.10. The molecule has 0 aliphatic rings. The fourth-order valence-corrected chi connectivity index (χ4v) is 1.90. The minimum atomic E-state index is -0.574. The van der Waals surface area contributed by atoms with Crippen LogP contribution in [-0.4, -0.2) is 17.9 Å². The van der Waals surface area contributed by atoms with Crippen molar-refractivity contribution in [2.45, 2.75) is 0 Å². The molecule has 0 spiro atoms. The first-order valence-corrected chi connectivity index (χ1v) is 6.23. The maximum atomic E-state index is 13.7. The lowest BCUT2D eigenvalue weighted by Crippen LogP contribution is -2.27. The van der Waals surface area contributed by atoms with Crippen LogP contribution in [0.3, 0.4) is 0 Å². The van der Waals surface area contributed by atoms with E-state index < -0.39 is 11.7 Å². The van der Waals surface area contributed by atoms with Crippen molar-refractivity contribution in [2.75, 3.05) is 17.7 Å². The number of amides is 1. The molecule has 2 aromatic rings. The molecule has 0 unspecified atom stereocenters. The Hall–Kier alpha value is -1.95. The van der Waals surface area contributed by atoms with E-state index in [0.717, 1.165) is 0 Å². The fraction of sp³-hybridized carbons (Fsp3) is 0.0769. The average Bonchev–Trinajstić information content (AvgIpc) is 2.41. The summed E-state index contributed by atoms with van der Waals surface area (Å²) in [5.41, 5.74) is 6.01. The number of anilines is 2. The van der Waals surface area contributed by atoms with Crippen LogP contribution in [0.15, 0.2) is 41.0 Å². The van der Waals surface area contributed by atoms with Crippen LogP contribution in [0, 0.1) is 5.82 Å². The van der Waals surface area contributed by atoms with Gasteiger partial charge in [-0.05, 0) is 30.3 Å². The van der Waals surface area contributed by atoms with Crippen molar-refractivity contribution < 1.29 is 9.18 Å². The zero-order valence-electron chi connectivity index (χ0n) is 10.1. The maximum Gasteiger partial charge on any atom is 0.262 e. The number of hydrogen-bond acceptors (Lipinski definition) is 3. The SMILES string of the molecule is CN(C(=O)c1cc(Br)ccc1F)c1ccc(N)cn1. The minimum Gasteiger partial charge on any atom is -0.397 e. The molecule has 19 heavy (non-hydrogen) atoms. The summed E-state index contributed by atoms with van der Waals surface area (Å²) in [6.07, 6.45) is 1.44. The molecule has 1 aromatic heterocycles. The number of carbonyl (C=O) groups excluding carboxylic acids is 1. The molecule has 0 saturated carbocycles. The Morgan fingerprint density at radius 2 is 2.11 bits per heavy atom. The molecule has 0 bridgehead atoms. The van der Waals surface area contributed by atoms with Crippen molar-refractivity contribution in [1.82, 2.24) is 4.98 Å². The molecule has 0 aliphatic carbocycles. The lowest BCUT2D eigenvalue weighted by atomic mass is 10.2. The molecular formula is C13H11BrFN3O. The van der Waals surface area contributed by atoms with Crippen molar-refractivity contribution >= 4 is 33.3 Å². The van der Waals surface area contributed by atoms with E-state index in [-0.39, 0.29) is 5.56 Å². The number of carbonyl (C=O) groups is 1. The zero-order valence-corrected chi connectivity index (χ0v) is 11.7. The molecule has 6 heteroatoms. The largest absolute Gasteiger partial charge is 0.397 e. The van der Waals surface area contributed by atoms with E-state index >= 15 is 0 Å². The van der Waals surface area contributed by atoms with Gasteiger partial charge in [0, 0.05) is 11.5 Å². The van der Waals surface area contributed by atoms with Gasteiger partial charge in [0.05, 0.1) is 17.4 Å². The van der Waals surface area contributed by atoms with Gasteiger partial charge < -0.3 is 5.73 Å². The third-order valence-corrected chi connectivity index (χ3v) is 3.07. The van der Waals surface area contributed by atoms with Gasteiger partial charge in [0.25, 0.3) is 5.91 Å². The van der Waals surface area contributed by atoms with Gasteiger partial charge in [0.2, 0.25) is 0 Å². The Kier molecular flexibility index (Phi) is 3.80. The smallest absolute Gasteiger partial charge is 0.262 e. The highest BCUT2D eigenvalue weighted by Crippen LogP contribution is 2.19. The molecule has 0 atom stereocenters. The van der Waals surface area contributed by atoms with Gasteiger partial charge in [-0.1, -0.05) is 15.9 Å². The quantitative estimate of drug-likeness (QED) is 0.924. The second kappa shape index (κ2) is 5.36. The number of pyridine rings is 1. The van der Waals surface area contributed by atoms with Gasteiger partial charge >= 0.3 is 0 Å². The lowest BCUT2D eigenvalue weighted by molar-refractivity contribution is 0.0988. The van der Waals surface area contributed by atoms with Crippen LogP contribution in [0.2, 0.25) is 0 Å². The first-order valence-electron chi connectivity index (χ1n) is 5.43. The summed E-state index contributed by atoms with van der Waals surface area (Å²) >= 11 is 3.21. The second-order valence-corrected chi connectivity index (χ2v) is 4.85. The molecule has 2 rings (SSSR count). The van der Waals surface area contributed by atoms with E-state index in [1.165, 1.54) is 36.3 Å². The predicted molar refractivity (Wildman–Crippen MR) is 75.5 cm³/mol. The van der Waals surface area contributed by atoms with Gasteiger partial charge in [-0.25, -0.2) is 9.37 Å². The van der Waals surface area contributed by atoms with Gasteiger partial charge in [0.15, 0.2) is 0 Å². The topological polar surface area (TPSA) is 59.2 Å². The number of nitrogens with two attached hydrogens (primary N) is 1. The number of nitrogens with zero attached hydrogens (tertiary/aromatic N) is 2. The molecule has 0 aliphatic heterocycles. The van der Waals surface area contributed by atoms with E-state index in [4.69, 9.17) is 5.73 Å². The van der Waals surface area contributed by atoms with Gasteiger partial charge in [0.1, 0.15) is 11.6 Å². The lowest BCUT2D eigenvalue weighted by Gasteiger charge is -2.16. The van der Waals surface area contributed by atoms with E-state index in [9.17, 15) is 9.18 Å². The summed E-state index contributed by atoms with van der Waals surface area (Å²) in [5.74, 6) is -0.648. The number of rotatable bonds is 2. The van der Waals surface area contributed by atoms with E-state index in [2.05, 4.69) is 20.9 Å². The maximum absolute atomic E-state index is 13.7. The molecule has 1 aromatic carbocycles. The Morgan fingerprint density at radius 1 is 1.37 bits per heavy atom. The number of benzene rings is 1. The molecule has 0 radical (unpaired) electrons. The molecular weight excluding hydrogens is 313 g/mol. The summed E-state index contributed by atoms with van der Waals surface area (Å²) in [5, 5.41) is 0. The van der Waals surface area contributed by atoms with Gasteiger partial charge in [-0.15, -0.1) is 0 Å². The van der Waals surface area contributed by atoms with Crippen LogP contribution in [0.5, 0.6) is 0 Å². The monoisotopic (exact) mass is 323 g/mol. The van der Waals surface area contributed by atoms with E-state index in [1.807, 2.05) is 0 Å². The number of aromatic nitrogens is 1. The number of nitrogen functional groups attached to an aromatic ring is 1. The Balaban J connectivity index is 2.33. The Bertz CT molecular complexity index is 616. The van der Waals surface area contributed by atoms with Crippen LogP contribution in [0.25, 0.3) is 0 Å². The van der Waals surface area contributed by atoms with Crippen LogP contribution in [-0.2, 0) is 0 Å². The molecule has 4 nitrogen and oxygen atoms in total. The molecule has 0 fully saturated rings. The first kappa shape index (κ1) is 13.5. The first-order chi connectivity index (χ1) is 8.99. The summed E-state index contributed by atoms with van der Waals surface area (Å²) in [4.78, 5) is 17.5. The average molecular weight is 324 g/mol. The highest BCUT2D eigenvalue weighted by Gasteiger charge is 2.18. The minimum absolute atomic E-state index is 0.0181. The van der Waals surface area contributed by atoms with Gasteiger partial charge in [-0.2, -0.15) is 0 Å². The van der Waals surface area contributed by atoms with Crippen LogP contribution in [0.4, 0.5) is 15.9 Å². The standard InChI is InChI=1S/C13H11BrFN3O/c1-18(12-5-3-9(16)7-17-12)13(19)10-6-8(14)2-4-11(10)15/h2-7H,16H2,1H3. The van der Waals surface area contributed by atoms with E-state index in [1.54, 1.807) is 12.1 Å². The molecule has 1 amide bonds. The van der Waals surface area contributed by atoms with Gasteiger partial charge in [-0.3, -0.25) is 9.69 Å². The zero-order chi connectivity index (χ0) is 14.0. The third kappa shape index (κ3) is 2.90.